The Morgan fingerprint density at radius 3 is 2.83 bits per heavy atom. The molecule has 3 aromatic heterocycles. The summed E-state index contributed by atoms with van der Waals surface area (Å²) >= 11 is 8.33. The summed E-state index contributed by atoms with van der Waals surface area (Å²) in [5.74, 6) is 0.808. The van der Waals surface area contributed by atoms with E-state index < -0.39 is 0 Å². The van der Waals surface area contributed by atoms with Crippen LogP contribution in [0.3, 0.4) is 0 Å². The van der Waals surface area contributed by atoms with Crippen LogP contribution in [0.5, 0.6) is 0 Å². The number of pyridine rings is 1. The zero-order chi connectivity index (χ0) is 20.0. The molecule has 29 heavy (non-hydrogen) atoms. The lowest BCUT2D eigenvalue weighted by atomic mass is 10.1. The fraction of sp³-hybridized carbons (Fsp3) is 0.0870. The van der Waals surface area contributed by atoms with Gasteiger partial charge in [0.25, 0.3) is 0 Å². The van der Waals surface area contributed by atoms with Crippen molar-refractivity contribution in [2.24, 2.45) is 0 Å². The number of para-hydroxylation sites is 1. The molecule has 0 spiro atoms. The molecule has 0 saturated carbocycles. The number of hydrogen-bond acceptors (Lipinski definition) is 4. The number of imidazole rings is 1. The molecule has 140 valence electrons. The standard InChI is InChI=1S/C23H15ClN4S/c1-14-27-20-13-26-19-8-7-16(21-6-3-11-29-21)12-17(19)23(20)28(14)22-15(9-10-25)4-2-5-18(22)24/h2-8,11-13H,9H2,1H3. The van der Waals surface area contributed by atoms with E-state index in [2.05, 4.69) is 45.3 Å². The Balaban J connectivity index is 1.89. The van der Waals surface area contributed by atoms with Crippen molar-refractivity contribution in [2.45, 2.75) is 13.3 Å². The number of hydrogen-bond donors (Lipinski definition) is 0. The van der Waals surface area contributed by atoms with Gasteiger partial charge in [-0.1, -0.05) is 35.9 Å². The Hall–Kier alpha value is -3.20. The normalized spacial score (nSPS) is 11.2. The van der Waals surface area contributed by atoms with Crippen LogP contribution in [0.25, 0.3) is 38.1 Å². The van der Waals surface area contributed by atoms with Crippen molar-refractivity contribution in [1.82, 2.24) is 14.5 Å². The summed E-state index contributed by atoms with van der Waals surface area (Å²) in [6.07, 6.45) is 2.07. The van der Waals surface area contributed by atoms with Gasteiger partial charge in [-0.05, 0) is 47.7 Å². The monoisotopic (exact) mass is 414 g/mol. The summed E-state index contributed by atoms with van der Waals surface area (Å²) in [5.41, 5.74) is 5.49. The molecule has 0 aliphatic carbocycles. The van der Waals surface area contributed by atoms with Crippen LogP contribution in [0, 0.1) is 18.3 Å². The summed E-state index contributed by atoms with van der Waals surface area (Å²) < 4.78 is 2.06. The number of aromatic nitrogens is 3. The molecule has 0 bridgehead atoms. The van der Waals surface area contributed by atoms with Gasteiger partial charge in [-0.3, -0.25) is 9.55 Å². The first-order valence-electron chi connectivity index (χ1n) is 9.14. The second-order valence-corrected chi connectivity index (χ2v) is 8.13. The van der Waals surface area contributed by atoms with Crippen molar-refractivity contribution < 1.29 is 0 Å². The molecular weight excluding hydrogens is 400 g/mol. The number of thiophene rings is 1. The minimum atomic E-state index is 0.276. The summed E-state index contributed by atoms with van der Waals surface area (Å²) in [5, 5.41) is 13.0. The number of nitrogens with zero attached hydrogens (tertiary/aromatic N) is 4. The first-order valence-corrected chi connectivity index (χ1v) is 10.4. The van der Waals surface area contributed by atoms with Crippen LogP contribution in [0.4, 0.5) is 0 Å². The van der Waals surface area contributed by atoms with E-state index in [-0.39, 0.29) is 6.42 Å². The predicted octanol–water partition coefficient (Wildman–Crippen LogP) is 6.33. The van der Waals surface area contributed by atoms with Gasteiger partial charge in [0.15, 0.2) is 0 Å². The van der Waals surface area contributed by atoms with Crippen LogP contribution in [-0.2, 0) is 6.42 Å². The largest absolute Gasteiger partial charge is 0.294 e. The second kappa shape index (κ2) is 7.00. The van der Waals surface area contributed by atoms with Crippen molar-refractivity contribution in [3.05, 3.63) is 76.5 Å². The van der Waals surface area contributed by atoms with Crippen LogP contribution in [0.15, 0.2) is 60.1 Å². The molecule has 0 radical (unpaired) electrons. The number of nitriles is 1. The maximum Gasteiger partial charge on any atom is 0.111 e. The highest BCUT2D eigenvalue weighted by molar-refractivity contribution is 7.13. The highest BCUT2D eigenvalue weighted by atomic mass is 35.5. The van der Waals surface area contributed by atoms with E-state index in [9.17, 15) is 5.26 Å². The Bertz CT molecular complexity index is 1410. The number of rotatable bonds is 3. The van der Waals surface area contributed by atoms with Gasteiger partial charge in [-0.25, -0.2) is 4.98 Å². The number of benzene rings is 2. The van der Waals surface area contributed by atoms with Crippen LogP contribution in [0.1, 0.15) is 11.4 Å². The fourth-order valence-electron chi connectivity index (χ4n) is 3.78. The molecule has 6 heteroatoms. The van der Waals surface area contributed by atoms with Crippen LogP contribution >= 0.6 is 22.9 Å². The number of fused-ring (bicyclic) bond motifs is 3. The molecule has 0 N–H and O–H groups in total. The van der Waals surface area contributed by atoms with Crippen molar-refractivity contribution >= 4 is 44.9 Å². The molecular formula is C23H15ClN4S. The van der Waals surface area contributed by atoms with Gasteiger partial charge in [0.2, 0.25) is 0 Å². The van der Waals surface area contributed by atoms with Crippen LogP contribution in [0.2, 0.25) is 5.02 Å². The minimum Gasteiger partial charge on any atom is -0.294 e. The first kappa shape index (κ1) is 17.9. The van der Waals surface area contributed by atoms with E-state index in [4.69, 9.17) is 16.6 Å². The Morgan fingerprint density at radius 1 is 1.14 bits per heavy atom. The molecule has 4 nitrogen and oxygen atoms in total. The molecule has 0 aliphatic rings. The number of halogens is 1. The molecule has 2 aromatic carbocycles. The third-order valence-electron chi connectivity index (χ3n) is 5.02. The molecule has 0 fully saturated rings. The summed E-state index contributed by atoms with van der Waals surface area (Å²) in [6, 6.07) is 18.4. The van der Waals surface area contributed by atoms with Gasteiger partial charge in [0.05, 0.1) is 40.4 Å². The molecule has 0 unspecified atom stereocenters. The zero-order valence-corrected chi connectivity index (χ0v) is 17.1. The van der Waals surface area contributed by atoms with E-state index in [0.29, 0.717) is 5.02 Å². The first-order chi connectivity index (χ1) is 14.2. The molecule has 0 saturated heterocycles. The fourth-order valence-corrected chi connectivity index (χ4v) is 4.78. The minimum absolute atomic E-state index is 0.276. The van der Waals surface area contributed by atoms with Crippen LogP contribution in [-0.4, -0.2) is 14.5 Å². The van der Waals surface area contributed by atoms with E-state index >= 15 is 0 Å². The Morgan fingerprint density at radius 2 is 2.03 bits per heavy atom. The van der Waals surface area contributed by atoms with Crippen LogP contribution < -0.4 is 0 Å². The Kier molecular flexibility index (Phi) is 4.31. The van der Waals surface area contributed by atoms with Crippen molar-refractivity contribution in [2.75, 3.05) is 0 Å². The second-order valence-electron chi connectivity index (χ2n) is 6.78. The SMILES string of the molecule is Cc1nc2cnc3ccc(-c4cccs4)cc3c2n1-c1c(Cl)cccc1CC#N. The molecule has 0 amide bonds. The summed E-state index contributed by atoms with van der Waals surface area (Å²) in [6.45, 7) is 1.95. The van der Waals surface area contributed by atoms with Gasteiger partial charge < -0.3 is 0 Å². The third-order valence-corrected chi connectivity index (χ3v) is 6.24. The smallest absolute Gasteiger partial charge is 0.111 e. The van der Waals surface area contributed by atoms with E-state index in [1.807, 2.05) is 31.2 Å². The van der Waals surface area contributed by atoms with Gasteiger partial charge in [0.1, 0.15) is 11.3 Å². The van der Waals surface area contributed by atoms with Crippen molar-refractivity contribution in [1.29, 1.82) is 5.26 Å². The molecule has 0 aliphatic heterocycles. The maximum absolute atomic E-state index is 9.30. The quantitative estimate of drug-likeness (QED) is 0.346. The van der Waals surface area contributed by atoms with Gasteiger partial charge in [0, 0.05) is 10.3 Å². The predicted molar refractivity (Wildman–Crippen MR) is 119 cm³/mol. The van der Waals surface area contributed by atoms with E-state index in [1.165, 1.54) is 4.88 Å². The lowest BCUT2D eigenvalue weighted by Crippen LogP contribution is -2.03. The topological polar surface area (TPSA) is 54.5 Å². The summed E-state index contributed by atoms with van der Waals surface area (Å²) in [4.78, 5) is 10.5. The highest BCUT2D eigenvalue weighted by Gasteiger charge is 2.18. The lowest BCUT2D eigenvalue weighted by Gasteiger charge is -2.14. The van der Waals surface area contributed by atoms with Crippen molar-refractivity contribution in [3.63, 3.8) is 0 Å². The van der Waals surface area contributed by atoms with Gasteiger partial charge in [-0.15, -0.1) is 11.3 Å². The third kappa shape index (κ3) is 2.89. The number of aryl methyl sites for hydroxylation is 1. The average molecular weight is 415 g/mol. The van der Waals surface area contributed by atoms with Gasteiger partial charge >= 0.3 is 0 Å². The molecule has 3 heterocycles. The lowest BCUT2D eigenvalue weighted by molar-refractivity contribution is 0.984. The summed E-state index contributed by atoms with van der Waals surface area (Å²) in [7, 11) is 0. The van der Waals surface area contributed by atoms with Gasteiger partial charge in [-0.2, -0.15) is 5.26 Å². The van der Waals surface area contributed by atoms with E-state index in [0.717, 1.165) is 44.6 Å². The molecule has 5 aromatic rings. The molecule has 5 rings (SSSR count). The molecule has 0 atom stereocenters. The van der Waals surface area contributed by atoms with Crippen molar-refractivity contribution in [3.8, 4) is 22.2 Å². The van der Waals surface area contributed by atoms with E-state index in [1.54, 1.807) is 17.5 Å². The zero-order valence-electron chi connectivity index (χ0n) is 15.6. The maximum atomic E-state index is 9.30. The average Bonchev–Trinajstić information content (AvgIpc) is 3.36. The Labute approximate surface area is 176 Å². The highest BCUT2D eigenvalue weighted by Crippen LogP contribution is 2.35.